The number of rotatable bonds is 8. The van der Waals surface area contributed by atoms with Crippen LogP contribution in [0.25, 0.3) is 0 Å². The Labute approximate surface area is 117 Å². The van der Waals surface area contributed by atoms with Gasteiger partial charge in [-0.15, -0.1) is 0 Å². The van der Waals surface area contributed by atoms with Gasteiger partial charge < -0.3 is 10.1 Å². The Hall–Kier alpha value is -0.430. The molecular weight excluding hydrogens is 318 g/mol. The molecule has 0 bridgehead atoms. The lowest BCUT2D eigenvalue weighted by atomic mass is 10.4. The van der Waals surface area contributed by atoms with Crippen molar-refractivity contribution in [3.05, 3.63) is 28.7 Å². The quantitative estimate of drug-likeness (QED) is 0.736. The van der Waals surface area contributed by atoms with Crippen molar-refractivity contribution in [3.8, 4) is 0 Å². The standard InChI is InChI=1S/C12H18BrNO3S/c1-2-17-9-7-14-8-10-18(15,16)12-5-3-11(13)4-6-12/h3-6,14H,2,7-10H2,1H3. The lowest BCUT2D eigenvalue weighted by Gasteiger charge is -2.06. The second kappa shape index (κ2) is 7.89. The highest BCUT2D eigenvalue weighted by Crippen LogP contribution is 2.15. The van der Waals surface area contributed by atoms with Crippen LogP contribution in [0, 0.1) is 0 Å². The summed E-state index contributed by atoms with van der Waals surface area (Å²) >= 11 is 3.28. The Morgan fingerprint density at radius 3 is 2.50 bits per heavy atom. The maximum absolute atomic E-state index is 11.9. The molecular formula is C12H18BrNO3S. The van der Waals surface area contributed by atoms with Gasteiger partial charge in [0, 0.05) is 24.2 Å². The van der Waals surface area contributed by atoms with E-state index < -0.39 is 9.84 Å². The van der Waals surface area contributed by atoms with Crippen molar-refractivity contribution in [2.24, 2.45) is 0 Å². The predicted molar refractivity (Wildman–Crippen MR) is 75.6 cm³/mol. The minimum atomic E-state index is -3.19. The molecule has 0 saturated carbocycles. The molecule has 1 aromatic rings. The highest BCUT2D eigenvalue weighted by Gasteiger charge is 2.13. The summed E-state index contributed by atoms with van der Waals surface area (Å²) in [6.07, 6.45) is 0. The molecule has 1 rings (SSSR count). The van der Waals surface area contributed by atoms with Crippen LogP contribution < -0.4 is 5.32 Å². The summed E-state index contributed by atoms with van der Waals surface area (Å²) in [7, 11) is -3.19. The van der Waals surface area contributed by atoms with Crippen molar-refractivity contribution in [1.29, 1.82) is 0 Å². The Morgan fingerprint density at radius 1 is 1.22 bits per heavy atom. The van der Waals surface area contributed by atoms with Crippen molar-refractivity contribution >= 4 is 25.8 Å². The molecule has 0 atom stereocenters. The number of halogens is 1. The Morgan fingerprint density at radius 2 is 1.89 bits per heavy atom. The molecule has 18 heavy (non-hydrogen) atoms. The van der Waals surface area contributed by atoms with Crippen LogP contribution in [0.5, 0.6) is 0 Å². The molecule has 0 unspecified atom stereocenters. The van der Waals surface area contributed by atoms with E-state index in [1.165, 1.54) is 0 Å². The zero-order valence-electron chi connectivity index (χ0n) is 10.4. The van der Waals surface area contributed by atoms with Crippen molar-refractivity contribution in [1.82, 2.24) is 5.32 Å². The van der Waals surface area contributed by atoms with E-state index in [1.54, 1.807) is 24.3 Å². The molecule has 102 valence electrons. The average molecular weight is 336 g/mol. The lowest BCUT2D eigenvalue weighted by Crippen LogP contribution is -2.26. The minimum absolute atomic E-state index is 0.0980. The molecule has 4 nitrogen and oxygen atoms in total. The summed E-state index contributed by atoms with van der Waals surface area (Å²) in [6.45, 7) is 4.32. The first-order valence-corrected chi connectivity index (χ1v) is 8.27. The van der Waals surface area contributed by atoms with Crippen LogP contribution >= 0.6 is 15.9 Å². The molecule has 0 radical (unpaired) electrons. The number of hydrogen-bond donors (Lipinski definition) is 1. The van der Waals surface area contributed by atoms with Crippen LogP contribution in [0.15, 0.2) is 33.6 Å². The summed E-state index contributed by atoms with van der Waals surface area (Å²) in [5.74, 6) is 0.0980. The summed E-state index contributed by atoms with van der Waals surface area (Å²) in [5, 5.41) is 3.04. The third-order valence-corrected chi connectivity index (χ3v) is 4.61. The number of nitrogens with one attached hydrogen (secondary N) is 1. The van der Waals surface area contributed by atoms with Gasteiger partial charge >= 0.3 is 0 Å². The van der Waals surface area contributed by atoms with E-state index in [-0.39, 0.29) is 5.75 Å². The fourth-order valence-corrected chi connectivity index (χ4v) is 2.84. The van der Waals surface area contributed by atoms with E-state index >= 15 is 0 Å². The van der Waals surface area contributed by atoms with Crippen molar-refractivity contribution in [2.75, 3.05) is 32.1 Å². The molecule has 0 aliphatic heterocycles. The lowest BCUT2D eigenvalue weighted by molar-refractivity contribution is 0.150. The number of sulfone groups is 1. The molecule has 0 aromatic heterocycles. The smallest absolute Gasteiger partial charge is 0.179 e. The van der Waals surface area contributed by atoms with Gasteiger partial charge in [-0.05, 0) is 31.2 Å². The average Bonchev–Trinajstić information content (AvgIpc) is 2.34. The van der Waals surface area contributed by atoms with Gasteiger partial charge in [-0.1, -0.05) is 15.9 Å². The molecule has 0 saturated heterocycles. The molecule has 0 fully saturated rings. The number of ether oxygens (including phenoxy) is 1. The van der Waals surface area contributed by atoms with Gasteiger partial charge in [0.15, 0.2) is 9.84 Å². The third kappa shape index (κ3) is 5.48. The second-order valence-electron chi connectivity index (χ2n) is 3.72. The van der Waals surface area contributed by atoms with Crippen molar-refractivity contribution in [2.45, 2.75) is 11.8 Å². The third-order valence-electron chi connectivity index (χ3n) is 2.35. The van der Waals surface area contributed by atoms with Gasteiger partial charge in [-0.25, -0.2) is 8.42 Å². The van der Waals surface area contributed by atoms with Crippen molar-refractivity contribution < 1.29 is 13.2 Å². The molecule has 0 aliphatic rings. The van der Waals surface area contributed by atoms with E-state index in [0.717, 1.165) is 4.47 Å². The van der Waals surface area contributed by atoms with Gasteiger partial charge in [0.05, 0.1) is 17.3 Å². The van der Waals surface area contributed by atoms with Crippen LogP contribution in [-0.2, 0) is 14.6 Å². The highest BCUT2D eigenvalue weighted by atomic mass is 79.9. The molecule has 0 heterocycles. The van der Waals surface area contributed by atoms with E-state index in [9.17, 15) is 8.42 Å². The van der Waals surface area contributed by atoms with Gasteiger partial charge in [0.25, 0.3) is 0 Å². The maximum atomic E-state index is 11.9. The predicted octanol–water partition coefficient (Wildman–Crippen LogP) is 1.85. The first-order valence-electron chi connectivity index (χ1n) is 5.83. The summed E-state index contributed by atoms with van der Waals surface area (Å²) < 4.78 is 29.9. The summed E-state index contributed by atoms with van der Waals surface area (Å²) in [6, 6.07) is 6.68. The van der Waals surface area contributed by atoms with Crippen LogP contribution in [-0.4, -0.2) is 40.5 Å². The second-order valence-corrected chi connectivity index (χ2v) is 6.74. The van der Waals surface area contributed by atoms with E-state index in [2.05, 4.69) is 21.2 Å². The van der Waals surface area contributed by atoms with Gasteiger partial charge in [0.2, 0.25) is 0 Å². The van der Waals surface area contributed by atoms with E-state index in [4.69, 9.17) is 4.74 Å². The highest BCUT2D eigenvalue weighted by molar-refractivity contribution is 9.10. The van der Waals surface area contributed by atoms with E-state index in [0.29, 0.717) is 31.2 Å². The topological polar surface area (TPSA) is 55.4 Å². The van der Waals surface area contributed by atoms with Crippen LogP contribution in [0.2, 0.25) is 0 Å². The van der Waals surface area contributed by atoms with Gasteiger partial charge in [-0.3, -0.25) is 0 Å². The fraction of sp³-hybridized carbons (Fsp3) is 0.500. The van der Waals surface area contributed by atoms with Gasteiger partial charge in [0.1, 0.15) is 0 Å². The maximum Gasteiger partial charge on any atom is 0.179 e. The Bertz CT molecular complexity index is 445. The van der Waals surface area contributed by atoms with Crippen LogP contribution in [0.3, 0.4) is 0 Å². The fourth-order valence-electron chi connectivity index (χ4n) is 1.38. The van der Waals surface area contributed by atoms with Crippen molar-refractivity contribution in [3.63, 3.8) is 0 Å². The van der Waals surface area contributed by atoms with Gasteiger partial charge in [-0.2, -0.15) is 0 Å². The Kier molecular flexibility index (Phi) is 6.85. The molecule has 0 amide bonds. The SMILES string of the molecule is CCOCCNCCS(=O)(=O)c1ccc(Br)cc1. The molecule has 0 spiro atoms. The van der Waals surface area contributed by atoms with E-state index in [1.807, 2.05) is 6.92 Å². The molecule has 1 aromatic carbocycles. The number of hydrogen-bond acceptors (Lipinski definition) is 4. The number of benzene rings is 1. The largest absolute Gasteiger partial charge is 0.380 e. The zero-order valence-corrected chi connectivity index (χ0v) is 12.8. The monoisotopic (exact) mass is 335 g/mol. The Balaban J connectivity index is 2.38. The summed E-state index contributed by atoms with van der Waals surface area (Å²) in [5.41, 5.74) is 0. The van der Waals surface area contributed by atoms with Crippen LogP contribution in [0.4, 0.5) is 0 Å². The minimum Gasteiger partial charge on any atom is -0.380 e. The molecule has 1 N–H and O–H groups in total. The van der Waals surface area contributed by atoms with Crippen LogP contribution in [0.1, 0.15) is 6.92 Å². The zero-order chi connectivity index (χ0) is 13.4. The first-order chi connectivity index (χ1) is 8.56. The molecule has 6 heteroatoms. The first kappa shape index (κ1) is 15.6. The normalized spacial score (nSPS) is 11.7. The molecule has 0 aliphatic carbocycles. The summed E-state index contributed by atoms with van der Waals surface area (Å²) in [4.78, 5) is 0.359.